The van der Waals surface area contributed by atoms with E-state index in [2.05, 4.69) is 15.4 Å². The smallest absolute Gasteiger partial charge is 0.459 e. The number of rotatable bonds is 12. The van der Waals surface area contributed by atoms with Crippen molar-refractivity contribution < 1.29 is 37.8 Å². The molecule has 15 heteroatoms. The van der Waals surface area contributed by atoms with Crippen LogP contribution >= 0.6 is 7.75 Å². The summed E-state index contributed by atoms with van der Waals surface area (Å²) in [7, 11) is -4.29. The zero-order valence-electron chi connectivity index (χ0n) is 23.3. The third-order valence-corrected chi connectivity index (χ3v) is 7.77. The molecule has 1 saturated heterocycles. The number of amides is 1. The van der Waals surface area contributed by atoms with Crippen molar-refractivity contribution in [3.8, 4) is 11.8 Å². The highest BCUT2D eigenvalue weighted by Gasteiger charge is 2.55. The summed E-state index contributed by atoms with van der Waals surface area (Å²) >= 11 is 0. The van der Waals surface area contributed by atoms with E-state index in [0.29, 0.717) is 0 Å². The number of hydrogen-bond donors (Lipinski definition) is 3. The van der Waals surface area contributed by atoms with Crippen molar-refractivity contribution in [2.75, 3.05) is 11.9 Å². The molecule has 6 atom stereocenters. The number of aliphatic hydroxyl groups is 1. The first-order chi connectivity index (χ1) is 19.3. The molecule has 0 aliphatic carbocycles. The number of nitrogens with one attached hydrogen (secondary N) is 2. The van der Waals surface area contributed by atoms with E-state index in [-0.39, 0.29) is 23.9 Å². The Morgan fingerprint density at radius 1 is 1.27 bits per heavy atom. The molecule has 222 valence electrons. The Bertz CT molecular complexity index is 1380. The van der Waals surface area contributed by atoms with Gasteiger partial charge in [0.25, 0.3) is 0 Å². The first-order valence-electron chi connectivity index (χ1n) is 12.9. The summed E-state index contributed by atoms with van der Waals surface area (Å²) in [5, 5.41) is 26.0. The minimum atomic E-state index is -4.29. The van der Waals surface area contributed by atoms with Crippen molar-refractivity contribution in [2.24, 2.45) is 5.41 Å². The van der Waals surface area contributed by atoms with E-state index < -0.39 is 62.0 Å². The summed E-state index contributed by atoms with van der Waals surface area (Å²) in [4.78, 5) is 40.6. The van der Waals surface area contributed by atoms with Gasteiger partial charge in [0.15, 0.2) is 6.23 Å². The van der Waals surface area contributed by atoms with Crippen LogP contribution in [0, 0.1) is 16.7 Å². The zero-order chi connectivity index (χ0) is 30.4. The summed E-state index contributed by atoms with van der Waals surface area (Å²) in [6.45, 7) is 7.23. The first-order valence-corrected chi connectivity index (χ1v) is 14.5. The minimum Gasteiger partial charge on any atom is -0.462 e. The van der Waals surface area contributed by atoms with Gasteiger partial charge in [0, 0.05) is 12.6 Å². The van der Waals surface area contributed by atoms with Crippen molar-refractivity contribution in [3.05, 3.63) is 53.1 Å². The maximum atomic E-state index is 13.8. The molecule has 0 spiro atoms. The molecule has 14 nitrogen and oxygen atoms in total. The van der Waals surface area contributed by atoms with Crippen LogP contribution in [0.4, 0.5) is 5.82 Å². The van der Waals surface area contributed by atoms with Crippen molar-refractivity contribution in [3.63, 3.8) is 0 Å². The van der Waals surface area contributed by atoms with Gasteiger partial charge in [0.2, 0.25) is 5.91 Å². The highest BCUT2D eigenvalue weighted by Crippen LogP contribution is 2.48. The molecule has 6 unspecified atom stereocenters. The molecule has 1 aliphatic heterocycles. The Hall–Kier alpha value is -3.60. The van der Waals surface area contributed by atoms with Crippen molar-refractivity contribution in [1.29, 1.82) is 5.26 Å². The summed E-state index contributed by atoms with van der Waals surface area (Å²) < 4.78 is 37.0. The molecule has 1 amide bonds. The number of nitrogens with zero attached hydrogens (tertiary/aromatic N) is 3. The Labute approximate surface area is 237 Å². The number of carbonyl (C=O) groups is 2. The highest BCUT2D eigenvalue weighted by atomic mass is 31.2. The Kier molecular flexibility index (Phi) is 10.4. The molecule has 2 heterocycles. The summed E-state index contributed by atoms with van der Waals surface area (Å²) in [5.41, 5.74) is -2.49. The van der Waals surface area contributed by atoms with Crippen LogP contribution in [0.15, 0.2) is 47.4 Å². The number of para-hydroxylation sites is 1. The molecule has 41 heavy (non-hydrogen) atoms. The van der Waals surface area contributed by atoms with E-state index in [4.69, 9.17) is 18.5 Å². The summed E-state index contributed by atoms with van der Waals surface area (Å²) in [6, 6.07) is 10.3. The second kappa shape index (κ2) is 13.4. The molecule has 2 aromatic rings. The van der Waals surface area contributed by atoms with Crippen LogP contribution in [-0.2, 0) is 28.2 Å². The Balaban J connectivity index is 1.83. The number of aliphatic hydroxyl groups excluding tert-OH is 1. The number of hydrogen-bond acceptors (Lipinski definition) is 11. The molecule has 0 saturated carbocycles. The number of esters is 1. The quantitative estimate of drug-likeness (QED) is 0.242. The Morgan fingerprint density at radius 2 is 1.95 bits per heavy atom. The lowest BCUT2D eigenvalue weighted by Gasteiger charge is -2.26. The van der Waals surface area contributed by atoms with Gasteiger partial charge >= 0.3 is 19.4 Å². The molecule has 0 radical (unpaired) electrons. The second-order valence-corrected chi connectivity index (χ2v) is 11.5. The van der Waals surface area contributed by atoms with Gasteiger partial charge in [-0.3, -0.25) is 18.7 Å². The number of aromatic nitrogens is 2. The van der Waals surface area contributed by atoms with Gasteiger partial charge in [-0.2, -0.15) is 15.3 Å². The summed E-state index contributed by atoms with van der Waals surface area (Å²) in [5.74, 6) is -0.845. The topological polar surface area (TPSA) is 191 Å². The van der Waals surface area contributed by atoms with Crippen LogP contribution in [0.25, 0.3) is 0 Å². The van der Waals surface area contributed by atoms with Gasteiger partial charge < -0.3 is 24.4 Å². The fourth-order valence-corrected chi connectivity index (χ4v) is 5.42. The fourth-order valence-electron chi connectivity index (χ4n) is 3.92. The van der Waals surface area contributed by atoms with Crippen LogP contribution in [0.2, 0.25) is 0 Å². The van der Waals surface area contributed by atoms with Crippen molar-refractivity contribution in [2.45, 2.75) is 71.6 Å². The molecule has 3 N–H and O–H groups in total. The molecule has 1 aliphatic rings. The number of ether oxygens (including phenoxy) is 2. The van der Waals surface area contributed by atoms with E-state index >= 15 is 0 Å². The predicted octanol–water partition coefficient (Wildman–Crippen LogP) is 2.51. The lowest BCUT2D eigenvalue weighted by atomic mass is 9.84. The molecule has 1 aromatic heterocycles. The molecule has 0 bridgehead atoms. The molecular weight excluding hydrogens is 557 g/mol. The van der Waals surface area contributed by atoms with Gasteiger partial charge in [-0.25, -0.2) is 9.36 Å². The lowest BCUT2D eigenvalue weighted by Crippen LogP contribution is -2.40. The molecule has 1 fully saturated rings. The SMILES string of the molecule is CCC(=O)Nc1ccn(C2OC(COP(=O)(NC(C)C(=O)OC(C)C)Oc3ccccc3)C(O)C2(C)C#N)c(=O)n1. The third-order valence-electron chi connectivity index (χ3n) is 6.13. The Morgan fingerprint density at radius 3 is 2.54 bits per heavy atom. The highest BCUT2D eigenvalue weighted by molar-refractivity contribution is 7.52. The summed E-state index contributed by atoms with van der Waals surface area (Å²) in [6.07, 6.45) is -3.01. The fraction of sp³-hybridized carbons (Fsp3) is 0.500. The van der Waals surface area contributed by atoms with E-state index in [0.717, 1.165) is 4.57 Å². The number of anilines is 1. The molecule has 3 rings (SSSR count). The maximum absolute atomic E-state index is 13.8. The molecular formula is C26H34N5O9P. The minimum absolute atomic E-state index is 0.0189. The van der Waals surface area contributed by atoms with Gasteiger partial charge in [0.05, 0.1) is 18.8 Å². The van der Waals surface area contributed by atoms with Crippen LogP contribution in [0.3, 0.4) is 0 Å². The van der Waals surface area contributed by atoms with E-state index in [1.807, 2.05) is 6.07 Å². The van der Waals surface area contributed by atoms with Gasteiger partial charge in [0.1, 0.15) is 35.2 Å². The lowest BCUT2D eigenvalue weighted by molar-refractivity contribution is -0.149. The van der Waals surface area contributed by atoms with Crippen LogP contribution in [-0.4, -0.2) is 57.5 Å². The number of carbonyl (C=O) groups excluding carboxylic acids is 2. The van der Waals surface area contributed by atoms with Gasteiger partial charge in [-0.05, 0) is 45.9 Å². The average molecular weight is 592 g/mol. The van der Waals surface area contributed by atoms with E-state index in [1.54, 1.807) is 39.0 Å². The number of nitriles is 1. The van der Waals surface area contributed by atoms with Gasteiger partial charge in [-0.15, -0.1) is 0 Å². The normalized spacial score (nSPS) is 24.2. The van der Waals surface area contributed by atoms with E-state index in [9.17, 15) is 29.3 Å². The van der Waals surface area contributed by atoms with Crippen LogP contribution < -0.4 is 20.6 Å². The standard InChI is InChI=1S/C26H34N5O9P/c1-6-21(32)28-20-12-13-31(25(35)29-20)24-26(5,15-27)22(33)19(39-24)14-37-41(36,40-18-10-8-7-9-11-18)30-17(4)23(34)38-16(2)3/h7-13,16-17,19,22,24,33H,6,14H2,1-5H3,(H,30,36)(H,28,29,32,35). The monoisotopic (exact) mass is 591 g/mol. The number of benzene rings is 1. The zero-order valence-corrected chi connectivity index (χ0v) is 24.2. The predicted molar refractivity (Wildman–Crippen MR) is 146 cm³/mol. The van der Waals surface area contributed by atoms with Crippen molar-refractivity contribution in [1.82, 2.24) is 14.6 Å². The maximum Gasteiger partial charge on any atom is 0.459 e. The molecule has 1 aromatic carbocycles. The average Bonchev–Trinajstić information content (AvgIpc) is 3.17. The van der Waals surface area contributed by atoms with Crippen LogP contribution in [0.1, 0.15) is 47.3 Å². The third kappa shape index (κ3) is 7.78. The van der Waals surface area contributed by atoms with Gasteiger partial charge in [-0.1, -0.05) is 25.1 Å². The largest absolute Gasteiger partial charge is 0.462 e. The first kappa shape index (κ1) is 31.9. The van der Waals surface area contributed by atoms with E-state index in [1.165, 1.54) is 38.2 Å². The van der Waals surface area contributed by atoms with Crippen LogP contribution in [0.5, 0.6) is 5.75 Å². The van der Waals surface area contributed by atoms with Crippen molar-refractivity contribution >= 4 is 25.4 Å². The second-order valence-electron chi connectivity index (χ2n) is 9.80.